The zero-order valence-corrected chi connectivity index (χ0v) is 10.4. The molecule has 0 aromatic heterocycles. The van der Waals surface area contributed by atoms with Crippen LogP contribution in [0.15, 0.2) is 0 Å². The first kappa shape index (κ1) is 11.9. The van der Waals surface area contributed by atoms with Crippen LogP contribution in [0.5, 0.6) is 0 Å². The lowest BCUT2D eigenvalue weighted by atomic mass is 10.1. The number of hydrogen-bond donors (Lipinski definition) is 1. The van der Waals surface area contributed by atoms with E-state index >= 15 is 0 Å². The van der Waals surface area contributed by atoms with E-state index in [0.29, 0.717) is 12.2 Å². The molecule has 3 nitrogen and oxygen atoms in total. The Morgan fingerprint density at radius 3 is 2.56 bits per heavy atom. The fourth-order valence-electron chi connectivity index (χ4n) is 2.54. The molecule has 1 amide bonds. The van der Waals surface area contributed by atoms with Gasteiger partial charge in [0, 0.05) is 19.0 Å². The van der Waals surface area contributed by atoms with Crippen molar-refractivity contribution in [2.24, 2.45) is 0 Å². The van der Waals surface area contributed by atoms with Gasteiger partial charge in [-0.2, -0.15) is 0 Å². The average Bonchev–Trinajstić information content (AvgIpc) is 2.70. The van der Waals surface area contributed by atoms with Crippen molar-refractivity contribution in [2.45, 2.75) is 70.5 Å². The van der Waals surface area contributed by atoms with Crippen molar-refractivity contribution < 1.29 is 4.79 Å². The van der Waals surface area contributed by atoms with E-state index in [0.717, 1.165) is 12.8 Å². The summed E-state index contributed by atoms with van der Waals surface area (Å²) >= 11 is 0. The summed E-state index contributed by atoms with van der Waals surface area (Å²) in [7, 11) is 0. The highest BCUT2D eigenvalue weighted by molar-refractivity contribution is 5.76. The number of carbonyl (C=O) groups is 1. The van der Waals surface area contributed by atoms with Crippen LogP contribution in [-0.4, -0.2) is 29.6 Å². The van der Waals surface area contributed by atoms with Crippen molar-refractivity contribution in [1.82, 2.24) is 10.2 Å². The molecule has 16 heavy (non-hydrogen) atoms. The molecule has 2 heterocycles. The third-order valence-corrected chi connectivity index (χ3v) is 3.81. The molecule has 2 rings (SSSR count). The second-order valence-electron chi connectivity index (χ2n) is 5.12. The summed E-state index contributed by atoms with van der Waals surface area (Å²) in [6.07, 6.45) is 9.94. The molecule has 0 bridgehead atoms. The second kappa shape index (κ2) is 5.67. The Hall–Kier alpha value is -0.570. The molecule has 0 aromatic rings. The SMILES string of the molecule is CCCCCCCCC(=O)NC1C2CCN21. The van der Waals surface area contributed by atoms with Gasteiger partial charge in [0.1, 0.15) is 0 Å². The predicted octanol–water partition coefficient (Wildman–Crippen LogP) is 2.27. The van der Waals surface area contributed by atoms with Crippen LogP contribution in [0.25, 0.3) is 0 Å². The zero-order valence-electron chi connectivity index (χ0n) is 10.4. The Kier molecular flexibility index (Phi) is 4.22. The maximum atomic E-state index is 11.6. The molecule has 0 saturated carbocycles. The van der Waals surface area contributed by atoms with Crippen LogP contribution < -0.4 is 5.32 Å². The van der Waals surface area contributed by atoms with Gasteiger partial charge in [-0.15, -0.1) is 0 Å². The molecular weight excluding hydrogens is 200 g/mol. The van der Waals surface area contributed by atoms with Crippen LogP contribution in [0, 0.1) is 0 Å². The molecule has 0 spiro atoms. The highest BCUT2D eigenvalue weighted by Gasteiger charge is 2.54. The standard InChI is InChI=1S/C13H24N2O/c1-2-3-4-5-6-7-8-12(16)14-13-11-9-10-15(11)13/h11,13H,2-10H2,1H3,(H,14,16). The van der Waals surface area contributed by atoms with Gasteiger partial charge in [0.25, 0.3) is 0 Å². The van der Waals surface area contributed by atoms with Crippen molar-refractivity contribution in [1.29, 1.82) is 0 Å². The number of fused-ring (bicyclic) bond motifs is 1. The van der Waals surface area contributed by atoms with Gasteiger partial charge in [-0.3, -0.25) is 9.69 Å². The molecule has 92 valence electrons. The van der Waals surface area contributed by atoms with E-state index in [9.17, 15) is 4.79 Å². The fraction of sp³-hybridized carbons (Fsp3) is 0.923. The van der Waals surface area contributed by atoms with Gasteiger partial charge < -0.3 is 5.32 Å². The minimum Gasteiger partial charge on any atom is -0.339 e. The van der Waals surface area contributed by atoms with Gasteiger partial charge >= 0.3 is 0 Å². The summed E-state index contributed by atoms with van der Waals surface area (Å²) in [5, 5.41) is 3.10. The summed E-state index contributed by atoms with van der Waals surface area (Å²) in [6.45, 7) is 3.42. The summed E-state index contributed by atoms with van der Waals surface area (Å²) in [5.74, 6) is 0.259. The van der Waals surface area contributed by atoms with E-state index in [1.54, 1.807) is 0 Å². The Morgan fingerprint density at radius 2 is 1.94 bits per heavy atom. The third-order valence-electron chi connectivity index (χ3n) is 3.81. The van der Waals surface area contributed by atoms with Crippen LogP contribution in [0.3, 0.4) is 0 Å². The Labute approximate surface area is 98.6 Å². The number of nitrogens with zero attached hydrogens (tertiary/aromatic N) is 1. The van der Waals surface area contributed by atoms with Crippen LogP contribution in [-0.2, 0) is 4.79 Å². The third kappa shape index (κ3) is 2.97. The molecule has 2 fully saturated rings. The molecule has 2 saturated heterocycles. The van der Waals surface area contributed by atoms with Crippen molar-refractivity contribution in [3.05, 3.63) is 0 Å². The first-order valence-electron chi connectivity index (χ1n) is 6.88. The lowest BCUT2D eigenvalue weighted by Gasteiger charge is -2.08. The molecule has 3 heteroatoms. The molecular formula is C13H24N2O. The van der Waals surface area contributed by atoms with Gasteiger partial charge in [0.2, 0.25) is 5.91 Å². The van der Waals surface area contributed by atoms with Crippen molar-refractivity contribution in [3.8, 4) is 0 Å². The van der Waals surface area contributed by atoms with Crippen LogP contribution >= 0.6 is 0 Å². The van der Waals surface area contributed by atoms with Crippen molar-refractivity contribution in [2.75, 3.05) is 6.54 Å². The van der Waals surface area contributed by atoms with Crippen LogP contribution in [0.2, 0.25) is 0 Å². The minimum absolute atomic E-state index is 0.259. The highest BCUT2D eigenvalue weighted by Crippen LogP contribution is 2.38. The number of carbonyl (C=O) groups excluding carboxylic acids is 1. The van der Waals surface area contributed by atoms with E-state index in [1.165, 1.54) is 45.1 Å². The quantitative estimate of drug-likeness (QED) is 0.506. The van der Waals surface area contributed by atoms with Crippen LogP contribution in [0.1, 0.15) is 58.3 Å². The highest BCUT2D eigenvalue weighted by atomic mass is 16.2. The Balaban J connectivity index is 1.42. The van der Waals surface area contributed by atoms with Gasteiger partial charge in [0.05, 0.1) is 6.17 Å². The van der Waals surface area contributed by atoms with Gasteiger partial charge in [0.15, 0.2) is 0 Å². The summed E-state index contributed by atoms with van der Waals surface area (Å²) in [5.41, 5.74) is 0. The first-order valence-corrected chi connectivity index (χ1v) is 6.88. The van der Waals surface area contributed by atoms with E-state index in [4.69, 9.17) is 0 Å². The molecule has 1 N–H and O–H groups in total. The Morgan fingerprint density at radius 1 is 1.25 bits per heavy atom. The second-order valence-corrected chi connectivity index (χ2v) is 5.12. The number of hydrogen-bond acceptors (Lipinski definition) is 2. The predicted molar refractivity (Wildman–Crippen MR) is 65.0 cm³/mol. The molecule has 2 aliphatic rings. The zero-order chi connectivity index (χ0) is 11.4. The largest absolute Gasteiger partial charge is 0.339 e. The average molecular weight is 224 g/mol. The number of unbranched alkanes of at least 4 members (excludes halogenated alkanes) is 5. The van der Waals surface area contributed by atoms with Crippen molar-refractivity contribution >= 4 is 5.91 Å². The van der Waals surface area contributed by atoms with Crippen LogP contribution in [0.4, 0.5) is 0 Å². The van der Waals surface area contributed by atoms with E-state index in [1.807, 2.05) is 0 Å². The van der Waals surface area contributed by atoms with Crippen molar-refractivity contribution in [3.63, 3.8) is 0 Å². The van der Waals surface area contributed by atoms with E-state index in [-0.39, 0.29) is 5.91 Å². The van der Waals surface area contributed by atoms with E-state index in [2.05, 4.69) is 17.1 Å². The molecule has 0 aliphatic carbocycles. The topological polar surface area (TPSA) is 32.1 Å². The molecule has 2 aliphatic heterocycles. The number of amides is 1. The molecule has 3 unspecified atom stereocenters. The van der Waals surface area contributed by atoms with Gasteiger partial charge in [-0.05, 0) is 12.8 Å². The summed E-state index contributed by atoms with van der Waals surface area (Å²) in [6, 6.07) is 0.702. The smallest absolute Gasteiger partial charge is 0.221 e. The molecule has 3 atom stereocenters. The first-order chi connectivity index (χ1) is 7.83. The maximum absolute atomic E-state index is 11.6. The summed E-state index contributed by atoms with van der Waals surface area (Å²) < 4.78 is 0. The number of rotatable bonds is 8. The lowest BCUT2D eigenvalue weighted by molar-refractivity contribution is -0.121. The fourth-order valence-corrected chi connectivity index (χ4v) is 2.54. The molecule has 0 radical (unpaired) electrons. The van der Waals surface area contributed by atoms with E-state index < -0.39 is 0 Å². The molecule has 0 aromatic carbocycles. The lowest BCUT2D eigenvalue weighted by Crippen LogP contribution is -2.28. The van der Waals surface area contributed by atoms with Gasteiger partial charge in [-0.1, -0.05) is 39.0 Å². The monoisotopic (exact) mass is 224 g/mol. The normalized spacial score (nSPS) is 30.4. The number of nitrogens with one attached hydrogen (secondary N) is 1. The Bertz CT molecular complexity index is 232. The van der Waals surface area contributed by atoms with Gasteiger partial charge in [-0.25, -0.2) is 0 Å². The maximum Gasteiger partial charge on any atom is 0.221 e. The summed E-state index contributed by atoms with van der Waals surface area (Å²) in [4.78, 5) is 13.9. The minimum atomic E-state index is 0.259.